The predicted molar refractivity (Wildman–Crippen MR) is 67.5 cm³/mol. The van der Waals surface area contributed by atoms with Crippen LogP contribution in [-0.4, -0.2) is 60.8 Å². The van der Waals surface area contributed by atoms with E-state index in [1.807, 2.05) is 0 Å². The Kier molecular flexibility index (Phi) is 4.39. The molecule has 0 aliphatic carbocycles. The number of fused-ring (bicyclic) bond motifs is 5. The van der Waals surface area contributed by atoms with E-state index in [0.29, 0.717) is 0 Å². The van der Waals surface area contributed by atoms with Crippen molar-refractivity contribution in [3.63, 3.8) is 0 Å². The van der Waals surface area contributed by atoms with E-state index in [9.17, 15) is 57.5 Å². The van der Waals surface area contributed by atoms with Crippen molar-refractivity contribution in [1.82, 2.24) is 5.06 Å². The van der Waals surface area contributed by atoms with Gasteiger partial charge >= 0.3 is 33.4 Å². The zero-order valence-corrected chi connectivity index (χ0v) is 14.0. The van der Waals surface area contributed by atoms with Crippen LogP contribution in [0.5, 0.6) is 0 Å². The van der Waals surface area contributed by atoms with Crippen LogP contribution in [0.3, 0.4) is 0 Å². The van der Waals surface area contributed by atoms with Crippen LogP contribution in [0.25, 0.3) is 0 Å². The van der Waals surface area contributed by atoms with Crippen LogP contribution in [-0.2, 0) is 28.7 Å². The first kappa shape index (κ1) is 21.8. The fourth-order valence-corrected chi connectivity index (χ4v) is 3.89. The number of halogens is 9. The lowest BCUT2D eigenvalue weighted by Crippen LogP contribution is -2.64. The number of hydrogen-bond donors (Lipinski definition) is 0. The van der Waals surface area contributed by atoms with E-state index in [1.165, 1.54) is 12.2 Å². The normalized spacial score (nSPS) is 30.4. The molecule has 0 radical (unpaired) electrons. The number of carbonyl (C=O) groups excluding carboxylic acids is 2. The van der Waals surface area contributed by atoms with Gasteiger partial charge in [-0.2, -0.15) is 47.9 Å². The van der Waals surface area contributed by atoms with E-state index < -0.39 is 74.3 Å². The summed E-state index contributed by atoms with van der Waals surface area (Å²) in [5.74, 6) is -21.3. The van der Waals surface area contributed by atoms with Gasteiger partial charge in [-0.15, -0.1) is 9.35 Å². The van der Waals surface area contributed by atoms with E-state index >= 15 is 0 Å². The summed E-state index contributed by atoms with van der Waals surface area (Å²) < 4.78 is 147. The standard InChI is InChI=1S/C12H6F9NO6S/c13-9(14,11(17,18)19)10(15,16)12(20,21)29(25,26)28-22-7(23)5-3-1-2-4(27-3)6(5)8(22)24/h1-6H. The van der Waals surface area contributed by atoms with Gasteiger partial charge in [0.05, 0.1) is 24.0 Å². The number of rotatable bonds is 5. The number of hydrogen-bond acceptors (Lipinski definition) is 6. The third kappa shape index (κ3) is 2.62. The minimum absolute atomic E-state index is 0.879. The van der Waals surface area contributed by atoms with E-state index in [1.54, 1.807) is 0 Å². The van der Waals surface area contributed by atoms with Crippen LogP contribution >= 0.6 is 0 Å². The molecule has 3 heterocycles. The highest BCUT2D eigenvalue weighted by atomic mass is 32.2. The molecule has 3 aliphatic heterocycles. The maximum atomic E-state index is 13.6. The first-order valence-electron chi connectivity index (χ1n) is 7.24. The zero-order chi connectivity index (χ0) is 22.4. The Morgan fingerprint density at radius 3 is 1.62 bits per heavy atom. The maximum absolute atomic E-state index is 13.6. The average molecular weight is 463 g/mol. The maximum Gasteiger partial charge on any atom is 0.460 e. The second kappa shape index (κ2) is 5.84. The molecule has 4 unspecified atom stereocenters. The van der Waals surface area contributed by atoms with Crippen molar-refractivity contribution >= 4 is 21.9 Å². The van der Waals surface area contributed by atoms with Crippen LogP contribution in [0, 0.1) is 11.8 Å². The topological polar surface area (TPSA) is 90.0 Å². The number of nitrogens with zero attached hydrogens (tertiary/aromatic N) is 1. The van der Waals surface area contributed by atoms with Gasteiger partial charge in [0.1, 0.15) is 0 Å². The van der Waals surface area contributed by atoms with Crippen LogP contribution in [0.1, 0.15) is 0 Å². The average Bonchev–Trinajstić information content (AvgIpc) is 3.23. The molecule has 2 saturated heterocycles. The minimum atomic E-state index is -7.55. The fourth-order valence-electron chi connectivity index (χ4n) is 3.01. The zero-order valence-electron chi connectivity index (χ0n) is 13.2. The first-order chi connectivity index (χ1) is 12.9. The summed E-state index contributed by atoms with van der Waals surface area (Å²) in [5, 5.41) is -8.07. The second-order valence-electron chi connectivity index (χ2n) is 6.16. The molecule has 4 atom stereocenters. The molecule has 29 heavy (non-hydrogen) atoms. The van der Waals surface area contributed by atoms with Crippen molar-refractivity contribution in [1.29, 1.82) is 0 Å². The molecule has 7 nitrogen and oxygen atoms in total. The number of amides is 2. The molecule has 2 amide bonds. The molecule has 0 aromatic heterocycles. The van der Waals surface area contributed by atoms with E-state index in [0.717, 1.165) is 0 Å². The highest BCUT2D eigenvalue weighted by Crippen LogP contribution is 2.55. The van der Waals surface area contributed by atoms with Gasteiger partial charge in [-0.3, -0.25) is 9.59 Å². The van der Waals surface area contributed by atoms with E-state index in [-0.39, 0.29) is 0 Å². The van der Waals surface area contributed by atoms with Crippen molar-refractivity contribution in [2.45, 2.75) is 35.5 Å². The Balaban J connectivity index is 1.91. The van der Waals surface area contributed by atoms with E-state index in [2.05, 4.69) is 4.28 Å². The summed E-state index contributed by atoms with van der Waals surface area (Å²) in [4.78, 5) is 24.1. The van der Waals surface area contributed by atoms with Gasteiger partial charge in [-0.25, -0.2) is 0 Å². The molecule has 2 bridgehead atoms. The Morgan fingerprint density at radius 1 is 0.828 bits per heavy atom. The number of ether oxygens (including phenoxy) is 1. The molecule has 0 aromatic rings. The second-order valence-corrected chi connectivity index (χ2v) is 7.73. The van der Waals surface area contributed by atoms with Gasteiger partial charge in [0.25, 0.3) is 11.8 Å². The summed E-state index contributed by atoms with van der Waals surface area (Å²) >= 11 is 0. The number of hydroxylamine groups is 2. The van der Waals surface area contributed by atoms with Crippen LogP contribution < -0.4 is 0 Å². The molecule has 0 saturated carbocycles. The van der Waals surface area contributed by atoms with Crippen molar-refractivity contribution in [3.05, 3.63) is 12.2 Å². The molecule has 17 heteroatoms. The van der Waals surface area contributed by atoms with Crippen molar-refractivity contribution < 1.29 is 66.5 Å². The van der Waals surface area contributed by atoms with Crippen molar-refractivity contribution in [2.24, 2.45) is 11.8 Å². The molecule has 0 spiro atoms. The SMILES string of the molecule is O=C1C2C3C=CC(O3)C2C(=O)N1OS(=O)(=O)C(F)(F)C(F)(F)C(F)(F)C(F)(F)F. The lowest BCUT2D eigenvalue weighted by molar-refractivity contribution is -0.383. The monoisotopic (exact) mass is 463 g/mol. The first-order valence-corrected chi connectivity index (χ1v) is 8.65. The van der Waals surface area contributed by atoms with Crippen molar-refractivity contribution in [3.8, 4) is 0 Å². The van der Waals surface area contributed by atoms with E-state index in [4.69, 9.17) is 4.74 Å². The quantitative estimate of drug-likeness (QED) is 0.350. The van der Waals surface area contributed by atoms with Crippen LogP contribution in [0.15, 0.2) is 12.2 Å². The Hall–Kier alpha value is -1.88. The summed E-state index contributed by atoms with van der Waals surface area (Å²) in [6.07, 6.45) is -6.97. The Labute approximate surface area is 154 Å². The largest absolute Gasteiger partial charge is 0.460 e. The molecular formula is C12H6F9NO6S. The summed E-state index contributed by atoms with van der Waals surface area (Å²) in [7, 11) is -7.40. The lowest BCUT2D eigenvalue weighted by Gasteiger charge is -2.32. The van der Waals surface area contributed by atoms with Gasteiger partial charge in [0.15, 0.2) is 0 Å². The number of alkyl halides is 9. The van der Waals surface area contributed by atoms with Gasteiger partial charge in [-0.1, -0.05) is 12.2 Å². The highest BCUT2D eigenvalue weighted by molar-refractivity contribution is 7.87. The van der Waals surface area contributed by atoms with Crippen molar-refractivity contribution in [2.75, 3.05) is 0 Å². The summed E-state index contributed by atoms with van der Waals surface area (Å²) in [5.41, 5.74) is 0. The smallest absolute Gasteiger partial charge is 0.365 e. The fraction of sp³-hybridized carbons (Fsp3) is 0.667. The third-order valence-electron chi connectivity index (χ3n) is 4.47. The Morgan fingerprint density at radius 2 is 1.24 bits per heavy atom. The van der Waals surface area contributed by atoms with Gasteiger partial charge in [0, 0.05) is 0 Å². The number of imide groups is 1. The van der Waals surface area contributed by atoms with Crippen LogP contribution in [0.2, 0.25) is 0 Å². The van der Waals surface area contributed by atoms with Gasteiger partial charge in [0.2, 0.25) is 0 Å². The molecule has 3 aliphatic rings. The summed E-state index contributed by atoms with van der Waals surface area (Å²) in [6.45, 7) is 0. The van der Waals surface area contributed by atoms with Gasteiger partial charge < -0.3 is 4.74 Å². The van der Waals surface area contributed by atoms with Gasteiger partial charge in [-0.05, 0) is 0 Å². The lowest BCUT2D eigenvalue weighted by atomic mass is 9.85. The molecule has 0 N–H and O–H groups in total. The molecule has 0 aromatic carbocycles. The molecule has 3 rings (SSSR count). The highest BCUT2D eigenvalue weighted by Gasteiger charge is 2.86. The summed E-state index contributed by atoms with van der Waals surface area (Å²) in [6, 6.07) is 0. The minimum Gasteiger partial charge on any atom is -0.365 e. The molecule has 2 fully saturated rings. The third-order valence-corrected chi connectivity index (χ3v) is 5.70. The Bertz CT molecular complexity index is 868. The molecular weight excluding hydrogens is 457 g/mol. The number of carbonyl (C=O) groups is 2. The molecule has 164 valence electrons. The predicted octanol–water partition coefficient (Wildman–Crippen LogP) is 1.61. The van der Waals surface area contributed by atoms with Crippen LogP contribution in [0.4, 0.5) is 39.5 Å².